The number of carbonyl (C=O) groups is 2. The summed E-state index contributed by atoms with van der Waals surface area (Å²) in [5.74, 6) is -0.414. The molecule has 1 heterocycles. The molecule has 1 atom stereocenters. The molecule has 3 rings (SSSR count). The molecule has 1 fully saturated rings. The number of hydrogen-bond donors (Lipinski definition) is 4. The molecule has 1 aliphatic heterocycles. The van der Waals surface area contributed by atoms with Gasteiger partial charge in [0.05, 0.1) is 11.5 Å². The van der Waals surface area contributed by atoms with Gasteiger partial charge in [-0.1, -0.05) is 56.3 Å². The second-order valence-corrected chi connectivity index (χ2v) is 12.8. The number of rotatable bonds is 13. The molecule has 224 valence electrons. The van der Waals surface area contributed by atoms with Gasteiger partial charge in [0.25, 0.3) is 0 Å². The van der Waals surface area contributed by atoms with E-state index in [-0.39, 0.29) is 29.2 Å². The van der Waals surface area contributed by atoms with Crippen LogP contribution in [0.1, 0.15) is 64.0 Å². The fraction of sp³-hybridized carbons (Fsp3) is 0.500. The number of nitrogens with zero attached hydrogens (tertiary/aromatic N) is 1. The van der Waals surface area contributed by atoms with Crippen LogP contribution in [-0.4, -0.2) is 63.4 Å². The fourth-order valence-corrected chi connectivity index (χ4v) is 6.39. The van der Waals surface area contributed by atoms with Crippen molar-refractivity contribution in [2.75, 3.05) is 26.2 Å². The number of esters is 1. The number of carbonyl (C=O) groups excluding carboxylic acids is 2. The van der Waals surface area contributed by atoms with Crippen molar-refractivity contribution in [1.29, 1.82) is 5.41 Å². The first-order valence-electron chi connectivity index (χ1n) is 14.1. The zero-order valence-electron chi connectivity index (χ0n) is 24.2. The summed E-state index contributed by atoms with van der Waals surface area (Å²) in [7, 11) is -4.03. The number of guanidine groups is 1. The van der Waals surface area contributed by atoms with Crippen LogP contribution in [0.2, 0.25) is 0 Å². The molecule has 5 N–H and O–H groups in total. The zero-order valence-corrected chi connectivity index (χ0v) is 25.0. The van der Waals surface area contributed by atoms with E-state index in [2.05, 4.69) is 10.0 Å². The van der Waals surface area contributed by atoms with Gasteiger partial charge in [-0.25, -0.2) is 8.42 Å². The largest absolute Gasteiger partial charge is 0.466 e. The van der Waals surface area contributed by atoms with Gasteiger partial charge in [0, 0.05) is 32.0 Å². The first-order chi connectivity index (χ1) is 19.4. The molecule has 1 saturated heterocycles. The van der Waals surface area contributed by atoms with E-state index >= 15 is 0 Å². The van der Waals surface area contributed by atoms with E-state index in [1.165, 1.54) is 6.92 Å². The molecule has 0 bridgehead atoms. The third-order valence-electron chi connectivity index (χ3n) is 7.70. The van der Waals surface area contributed by atoms with E-state index in [9.17, 15) is 18.0 Å². The highest BCUT2D eigenvalue weighted by molar-refractivity contribution is 7.89. The van der Waals surface area contributed by atoms with Crippen LogP contribution in [0.3, 0.4) is 0 Å². The van der Waals surface area contributed by atoms with Crippen LogP contribution in [0, 0.1) is 11.3 Å². The number of ether oxygens (including phenoxy) is 1. The van der Waals surface area contributed by atoms with Crippen molar-refractivity contribution in [3.8, 4) is 0 Å². The molecule has 0 aliphatic carbocycles. The maximum Gasteiger partial charge on any atom is 0.302 e. The molecule has 0 aromatic heterocycles. The highest BCUT2D eigenvalue weighted by Crippen LogP contribution is 2.32. The van der Waals surface area contributed by atoms with Crippen LogP contribution in [0.5, 0.6) is 0 Å². The van der Waals surface area contributed by atoms with Crippen molar-refractivity contribution in [2.24, 2.45) is 11.7 Å². The first-order valence-corrected chi connectivity index (χ1v) is 15.6. The lowest BCUT2D eigenvalue weighted by Gasteiger charge is -2.34. The highest BCUT2D eigenvalue weighted by atomic mass is 32.2. The van der Waals surface area contributed by atoms with Gasteiger partial charge in [0.1, 0.15) is 6.04 Å². The predicted octanol–water partition coefficient (Wildman–Crippen LogP) is 3.11. The standard InChI is InChI=1S/C30H43N5O5S/c1-22(36)40-20-16-23-14-18-35(19-15-23)28(37)27(13-8-17-33-29(31)32)34-41(38,39)26-12-7-11-25(21-26)30(2,3)24-9-5-4-6-10-24/h4-7,9-12,21,23,27,34H,8,13-20H2,1-3H3,(H4,31,32,33). The van der Waals surface area contributed by atoms with Crippen LogP contribution in [0.25, 0.3) is 0 Å². The second-order valence-electron chi connectivity index (χ2n) is 11.1. The summed E-state index contributed by atoms with van der Waals surface area (Å²) in [5, 5.41) is 10.1. The smallest absolute Gasteiger partial charge is 0.302 e. The van der Waals surface area contributed by atoms with E-state index in [0.717, 1.165) is 30.4 Å². The maximum absolute atomic E-state index is 13.6. The van der Waals surface area contributed by atoms with Crippen LogP contribution in [-0.2, 0) is 29.8 Å². The molecule has 41 heavy (non-hydrogen) atoms. The predicted molar refractivity (Wildman–Crippen MR) is 159 cm³/mol. The molecular weight excluding hydrogens is 542 g/mol. The van der Waals surface area contributed by atoms with Crippen LogP contribution >= 0.6 is 0 Å². The lowest BCUT2D eigenvalue weighted by atomic mass is 9.78. The van der Waals surface area contributed by atoms with Gasteiger partial charge < -0.3 is 20.7 Å². The number of nitrogens with two attached hydrogens (primary N) is 1. The summed E-state index contributed by atoms with van der Waals surface area (Å²) in [6.45, 7) is 7.20. The van der Waals surface area contributed by atoms with Gasteiger partial charge >= 0.3 is 5.97 Å². The van der Waals surface area contributed by atoms with Crippen molar-refractivity contribution < 1.29 is 22.7 Å². The molecule has 2 aromatic rings. The minimum Gasteiger partial charge on any atom is -0.466 e. The fourth-order valence-electron chi connectivity index (χ4n) is 5.12. The lowest BCUT2D eigenvalue weighted by Crippen LogP contribution is -2.51. The van der Waals surface area contributed by atoms with Gasteiger partial charge in [-0.05, 0) is 61.3 Å². The monoisotopic (exact) mass is 585 g/mol. The van der Waals surface area contributed by atoms with Crippen molar-refractivity contribution in [2.45, 2.75) is 69.2 Å². The average Bonchev–Trinajstić information content (AvgIpc) is 2.95. The average molecular weight is 586 g/mol. The van der Waals surface area contributed by atoms with Gasteiger partial charge in [-0.2, -0.15) is 4.72 Å². The minimum atomic E-state index is -4.03. The molecule has 0 radical (unpaired) electrons. The van der Waals surface area contributed by atoms with Gasteiger partial charge in [-0.3, -0.25) is 15.0 Å². The third-order valence-corrected chi connectivity index (χ3v) is 9.17. The summed E-state index contributed by atoms with van der Waals surface area (Å²) in [4.78, 5) is 26.5. The topological polar surface area (TPSA) is 155 Å². The molecule has 0 saturated carbocycles. The van der Waals surface area contributed by atoms with E-state index in [1.54, 1.807) is 23.1 Å². The van der Waals surface area contributed by atoms with Crippen LogP contribution in [0.4, 0.5) is 0 Å². The number of likely N-dealkylation sites (tertiary alicyclic amines) is 1. The zero-order chi connectivity index (χ0) is 30.0. The van der Waals surface area contributed by atoms with Crippen molar-refractivity contribution in [1.82, 2.24) is 14.9 Å². The Hall–Kier alpha value is -3.44. The molecule has 1 amide bonds. The minimum absolute atomic E-state index is 0.0999. The number of sulfonamides is 1. The molecule has 2 aromatic carbocycles. The molecule has 1 aliphatic rings. The van der Waals surface area contributed by atoms with E-state index in [0.29, 0.717) is 38.6 Å². The van der Waals surface area contributed by atoms with Crippen LogP contribution < -0.4 is 15.8 Å². The Labute approximate surface area is 243 Å². The number of nitrogens with one attached hydrogen (secondary N) is 3. The van der Waals surface area contributed by atoms with Crippen molar-refractivity contribution >= 4 is 27.9 Å². The highest BCUT2D eigenvalue weighted by Gasteiger charge is 2.32. The molecule has 10 nitrogen and oxygen atoms in total. The van der Waals surface area contributed by atoms with E-state index < -0.39 is 21.5 Å². The third kappa shape index (κ3) is 9.29. The number of hydrogen-bond acceptors (Lipinski definition) is 6. The Kier molecular flexibility index (Phi) is 11.3. The van der Waals surface area contributed by atoms with Gasteiger partial charge in [0.15, 0.2) is 5.96 Å². The Morgan fingerprint density at radius 1 is 1.10 bits per heavy atom. The Morgan fingerprint density at radius 3 is 2.39 bits per heavy atom. The summed E-state index contributed by atoms with van der Waals surface area (Å²) < 4.78 is 35.0. The molecule has 1 unspecified atom stereocenters. The number of piperidine rings is 1. The normalized spacial score (nSPS) is 15.2. The quantitative estimate of drug-likeness (QED) is 0.122. The van der Waals surface area contributed by atoms with E-state index in [1.807, 2.05) is 50.2 Å². The number of amides is 1. The SMILES string of the molecule is CC(=O)OCCC1CCN(C(=O)C(CCCNC(=N)N)NS(=O)(=O)c2cccc(C(C)(C)c3ccccc3)c2)CC1. The molecular formula is C30H43N5O5S. The molecule has 11 heteroatoms. The van der Waals surface area contributed by atoms with Crippen LogP contribution in [0.15, 0.2) is 59.5 Å². The Morgan fingerprint density at radius 2 is 1.76 bits per heavy atom. The van der Waals surface area contributed by atoms with Gasteiger partial charge in [0.2, 0.25) is 15.9 Å². The Bertz CT molecular complexity index is 1290. The second kappa shape index (κ2) is 14.5. The van der Waals surface area contributed by atoms with Crippen molar-refractivity contribution in [3.05, 3.63) is 65.7 Å². The lowest BCUT2D eigenvalue weighted by molar-refractivity contribution is -0.141. The maximum atomic E-state index is 13.6. The number of benzene rings is 2. The Balaban J connectivity index is 1.74. The van der Waals surface area contributed by atoms with Gasteiger partial charge in [-0.15, -0.1) is 0 Å². The summed E-state index contributed by atoms with van der Waals surface area (Å²) in [6, 6.07) is 15.8. The summed E-state index contributed by atoms with van der Waals surface area (Å²) >= 11 is 0. The first kappa shape index (κ1) is 32.1. The van der Waals surface area contributed by atoms with Crippen molar-refractivity contribution in [3.63, 3.8) is 0 Å². The molecule has 0 spiro atoms. The van der Waals surface area contributed by atoms with E-state index in [4.69, 9.17) is 15.9 Å². The summed E-state index contributed by atoms with van der Waals surface area (Å²) in [6.07, 6.45) is 2.95. The summed E-state index contributed by atoms with van der Waals surface area (Å²) in [5.41, 5.74) is 6.85.